The fourth-order valence-corrected chi connectivity index (χ4v) is 1.79. The topological polar surface area (TPSA) is 32.3 Å². The van der Waals surface area contributed by atoms with Crippen LogP contribution in [0.1, 0.15) is 13.3 Å². The van der Waals surface area contributed by atoms with E-state index in [-0.39, 0.29) is 12.6 Å². The number of hydrogen-bond donors (Lipinski definition) is 2. The Morgan fingerprint density at radius 3 is 2.56 bits per heavy atom. The first-order valence-electron chi connectivity index (χ1n) is 5.69. The van der Waals surface area contributed by atoms with Gasteiger partial charge in [-0.1, -0.05) is 37.3 Å². The average molecular weight is 215 g/mol. The molecule has 0 saturated carbocycles. The molecule has 0 saturated heterocycles. The molecule has 1 unspecified atom stereocenters. The fraction of sp³-hybridized carbons (Fsp3) is 0.286. The van der Waals surface area contributed by atoms with Gasteiger partial charge in [-0.2, -0.15) is 0 Å². The molecule has 0 bridgehead atoms. The molecule has 2 N–H and O–H groups in total. The van der Waals surface area contributed by atoms with Crippen LogP contribution in [0.2, 0.25) is 0 Å². The van der Waals surface area contributed by atoms with Crippen LogP contribution in [0.25, 0.3) is 10.8 Å². The van der Waals surface area contributed by atoms with E-state index in [4.69, 9.17) is 5.11 Å². The molecule has 0 fully saturated rings. The van der Waals surface area contributed by atoms with Crippen molar-refractivity contribution in [3.63, 3.8) is 0 Å². The summed E-state index contributed by atoms with van der Waals surface area (Å²) in [6.07, 6.45) is 0.920. The molecule has 0 aliphatic carbocycles. The average Bonchev–Trinajstić information content (AvgIpc) is 2.35. The van der Waals surface area contributed by atoms with Crippen LogP contribution < -0.4 is 5.32 Å². The van der Waals surface area contributed by atoms with E-state index in [1.165, 1.54) is 10.8 Å². The van der Waals surface area contributed by atoms with E-state index >= 15 is 0 Å². The van der Waals surface area contributed by atoms with E-state index in [0.29, 0.717) is 0 Å². The highest BCUT2D eigenvalue weighted by atomic mass is 16.3. The smallest absolute Gasteiger partial charge is 0.0632 e. The zero-order valence-corrected chi connectivity index (χ0v) is 9.48. The number of aliphatic hydroxyl groups is 1. The summed E-state index contributed by atoms with van der Waals surface area (Å²) in [7, 11) is 0. The molecule has 2 rings (SSSR count). The van der Waals surface area contributed by atoms with Gasteiger partial charge in [0.15, 0.2) is 0 Å². The molecule has 0 spiro atoms. The number of nitrogens with one attached hydrogen (secondary N) is 1. The molecule has 0 aliphatic rings. The summed E-state index contributed by atoms with van der Waals surface area (Å²) in [4.78, 5) is 0. The standard InChI is InChI=1S/C14H17NO/c1-2-13(10-16)15-14-8-7-11-5-3-4-6-12(11)9-14/h3-9,13,15-16H,2,10H2,1H3. The zero-order valence-electron chi connectivity index (χ0n) is 9.48. The molecule has 1 atom stereocenters. The first-order valence-corrected chi connectivity index (χ1v) is 5.69. The molecule has 0 aromatic heterocycles. The molecule has 2 aromatic carbocycles. The number of benzene rings is 2. The fourth-order valence-electron chi connectivity index (χ4n) is 1.79. The second-order valence-corrected chi connectivity index (χ2v) is 3.99. The van der Waals surface area contributed by atoms with Crippen molar-refractivity contribution in [1.82, 2.24) is 0 Å². The highest BCUT2D eigenvalue weighted by Crippen LogP contribution is 2.19. The van der Waals surface area contributed by atoms with Gasteiger partial charge < -0.3 is 10.4 Å². The largest absolute Gasteiger partial charge is 0.394 e. The molecule has 0 radical (unpaired) electrons. The van der Waals surface area contributed by atoms with Gasteiger partial charge in [-0.25, -0.2) is 0 Å². The van der Waals surface area contributed by atoms with Crippen molar-refractivity contribution in [3.8, 4) is 0 Å². The summed E-state index contributed by atoms with van der Waals surface area (Å²) in [6, 6.07) is 14.7. The summed E-state index contributed by atoms with van der Waals surface area (Å²) < 4.78 is 0. The quantitative estimate of drug-likeness (QED) is 0.821. The Labute approximate surface area is 95.9 Å². The summed E-state index contributed by atoms with van der Waals surface area (Å²) in [6.45, 7) is 2.23. The van der Waals surface area contributed by atoms with Crippen molar-refractivity contribution in [3.05, 3.63) is 42.5 Å². The molecular formula is C14H17NO. The van der Waals surface area contributed by atoms with Crippen molar-refractivity contribution in [1.29, 1.82) is 0 Å². The van der Waals surface area contributed by atoms with Crippen LogP contribution >= 0.6 is 0 Å². The van der Waals surface area contributed by atoms with E-state index < -0.39 is 0 Å². The van der Waals surface area contributed by atoms with Gasteiger partial charge >= 0.3 is 0 Å². The van der Waals surface area contributed by atoms with Gasteiger partial charge in [-0.05, 0) is 29.3 Å². The molecule has 0 amide bonds. The minimum absolute atomic E-state index is 0.140. The normalized spacial score (nSPS) is 12.6. The maximum atomic E-state index is 9.14. The van der Waals surface area contributed by atoms with E-state index in [2.05, 4.69) is 42.6 Å². The summed E-state index contributed by atoms with van der Waals surface area (Å²) in [5.74, 6) is 0. The SMILES string of the molecule is CCC(CO)Nc1ccc2ccccc2c1. The van der Waals surface area contributed by atoms with Crippen LogP contribution in [0, 0.1) is 0 Å². The van der Waals surface area contributed by atoms with Crippen molar-refractivity contribution < 1.29 is 5.11 Å². The zero-order chi connectivity index (χ0) is 11.4. The second-order valence-electron chi connectivity index (χ2n) is 3.99. The van der Waals surface area contributed by atoms with Crippen LogP contribution in [0.15, 0.2) is 42.5 Å². The molecule has 0 heterocycles. The Hall–Kier alpha value is -1.54. The lowest BCUT2D eigenvalue weighted by molar-refractivity contribution is 0.272. The molecule has 16 heavy (non-hydrogen) atoms. The Balaban J connectivity index is 2.25. The maximum Gasteiger partial charge on any atom is 0.0632 e. The minimum atomic E-state index is 0.140. The lowest BCUT2D eigenvalue weighted by atomic mass is 10.1. The van der Waals surface area contributed by atoms with Gasteiger partial charge in [0.2, 0.25) is 0 Å². The van der Waals surface area contributed by atoms with E-state index in [9.17, 15) is 0 Å². The Kier molecular flexibility index (Phi) is 3.42. The van der Waals surface area contributed by atoms with Gasteiger partial charge in [0.1, 0.15) is 0 Å². The van der Waals surface area contributed by atoms with Gasteiger partial charge in [-0.15, -0.1) is 0 Å². The van der Waals surface area contributed by atoms with Gasteiger partial charge in [0.25, 0.3) is 0 Å². The Morgan fingerprint density at radius 2 is 1.88 bits per heavy atom. The summed E-state index contributed by atoms with van der Waals surface area (Å²) in [5, 5.41) is 14.9. The van der Waals surface area contributed by atoms with E-state index in [1.807, 2.05) is 12.1 Å². The van der Waals surface area contributed by atoms with Crippen molar-refractivity contribution in [2.24, 2.45) is 0 Å². The van der Waals surface area contributed by atoms with Crippen molar-refractivity contribution in [2.45, 2.75) is 19.4 Å². The van der Waals surface area contributed by atoms with Crippen LogP contribution in [-0.4, -0.2) is 17.8 Å². The molecule has 2 nitrogen and oxygen atoms in total. The summed E-state index contributed by atoms with van der Waals surface area (Å²) in [5.41, 5.74) is 1.07. The van der Waals surface area contributed by atoms with Crippen LogP contribution in [0.5, 0.6) is 0 Å². The Bertz CT molecular complexity index is 463. The molecule has 0 aliphatic heterocycles. The number of fused-ring (bicyclic) bond motifs is 1. The van der Waals surface area contributed by atoms with Gasteiger partial charge in [0.05, 0.1) is 6.61 Å². The third-order valence-electron chi connectivity index (χ3n) is 2.83. The second kappa shape index (κ2) is 4.99. The number of hydrogen-bond acceptors (Lipinski definition) is 2. The number of anilines is 1. The maximum absolute atomic E-state index is 9.14. The van der Waals surface area contributed by atoms with Crippen LogP contribution in [-0.2, 0) is 0 Å². The highest BCUT2D eigenvalue weighted by molar-refractivity contribution is 5.85. The van der Waals surface area contributed by atoms with E-state index in [0.717, 1.165) is 12.1 Å². The molecular weight excluding hydrogens is 198 g/mol. The van der Waals surface area contributed by atoms with Crippen molar-refractivity contribution >= 4 is 16.5 Å². The number of aliphatic hydroxyl groups excluding tert-OH is 1. The van der Waals surface area contributed by atoms with Gasteiger partial charge in [0, 0.05) is 11.7 Å². The molecule has 2 heteroatoms. The summed E-state index contributed by atoms with van der Waals surface area (Å²) >= 11 is 0. The lowest BCUT2D eigenvalue weighted by Gasteiger charge is -2.15. The lowest BCUT2D eigenvalue weighted by Crippen LogP contribution is -2.22. The predicted molar refractivity (Wildman–Crippen MR) is 68.7 cm³/mol. The third kappa shape index (κ3) is 2.34. The minimum Gasteiger partial charge on any atom is -0.394 e. The first-order chi connectivity index (χ1) is 7.83. The van der Waals surface area contributed by atoms with E-state index in [1.54, 1.807) is 0 Å². The monoisotopic (exact) mass is 215 g/mol. The molecule has 2 aromatic rings. The predicted octanol–water partition coefficient (Wildman–Crippen LogP) is 3.02. The van der Waals surface area contributed by atoms with Gasteiger partial charge in [-0.3, -0.25) is 0 Å². The number of rotatable bonds is 4. The van der Waals surface area contributed by atoms with Crippen LogP contribution in [0.4, 0.5) is 5.69 Å². The Morgan fingerprint density at radius 1 is 1.12 bits per heavy atom. The highest BCUT2D eigenvalue weighted by Gasteiger charge is 2.03. The molecule has 84 valence electrons. The van der Waals surface area contributed by atoms with Crippen LogP contribution in [0.3, 0.4) is 0 Å². The third-order valence-corrected chi connectivity index (χ3v) is 2.83. The van der Waals surface area contributed by atoms with Crippen molar-refractivity contribution in [2.75, 3.05) is 11.9 Å². The first kappa shape index (κ1) is 11.0.